The summed E-state index contributed by atoms with van der Waals surface area (Å²) in [5, 5.41) is 4.32. The predicted octanol–water partition coefficient (Wildman–Crippen LogP) is 6.51. The molecule has 1 fully saturated rings. The molecule has 1 N–H and O–H groups in total. The molecule has 0 radical (unpaired) electrons. The Morgan fingerprint density at radius 1 is 0.976 bits per heavy atom. The molecule has 3 heterocycles. The van der Waals surface area contributed by atoms with Crippen LogP contribution in [0.1, 0.15) is 39.3 Å². The SMILES string of the molecule is COc1ccc(-c2nc(N3CCN(C(=O)OC(C)(C)C)CC3)sc2-c2ccnc(NC(C)c3ccccc3)n2)cc1. The fraction of sp³-hybridized carbons (Fsp3) is 0.355. The van der Waals surface area contributed by atoms with Crippen LogP contribution in [-0.2, 0) is 4.74 Å². The van der Waals surface area contributed by atoms with Crippen molar-refractivity contribution >= 4 is 28.5 Å². The van der Waals surface area contributed by atoms with Crippen molar-refractivity contribution in [1.29, 1.82) is 0 Å². The van der Waals surface area contributed by atoms with Crippen LogP contribution in [-0.4, -0.2) is 64.8 Å². The summed E-state index contributed by atoms with van der Waals surface area (Å²) in [5.74, 6) is 1.34. The first-order chi connectivity index (χ1) is 19.7. The molecular formula is C31H36N6O3S. The van der Waals surface area contributed by atoms with E-state index in [2.05, 4.69) is 34.3 Å². The number of carbonyl (C=O) groups is 1. The Bertz CT molecular complexity index is 1460. The van der Waals surface area contributed by atoms with E-state index in [1.807, 2.05) is 69.3 Å². The molecule has 2 aromatic heterocycles. The molecule has 1 saturated heterocycles. The van der Waals surface area contributed by atoms with Crippen molar-refractivity contribution in [2.75, 3.05) is 43.5 Å². The molecule has 214 valence electrons. The van der Waals surface area contributed by atoms with Crippen molar-refractivity contribution in [2.45, 2.75) is 39.3 Å². The number of nitrogens with zero attached hydrogens (tertiary/aromatic N) is 5. The van der Waals surface area contributed by atoms with Gasteiger partial charge in [-0.1, -0.05) is 41.7 Å². The number of ether oxygens (including phenoxy) is 2. The van der Waals surface area contributed by atoms with Gasteiger partial charge in [-0.2, -0.15) is 0 Å². The quantitative estimate of drug-likeness (QED) is 0.268. The Labute approximate surface area is 245 Å². The minimum Gasteiger partial charge on any atom is -0.497 e. The average molecular weight is 573 g/mol. The van der Waals surface area contributed by atoms with Crippen LogP contribution < -0.4 is 15.0 Å². The molecule has 1 atom stereocenters. The first kappa shape index (κ1) is 28.4. The van der Waals surface area contributed by atoms with Crippen molar-refractivity contribution in [1.82, 2.24) is 19.9 Å². The average Bonchev–Trinajstić information content (AvgIpc) is 3.43. The summed E-state index contributed by atoms with van der Waals surface area (Å²) in [5.41, 5.74) is 3.26. The summed E-state index contributed by atoms with van der Waals surface area (Å²) >= 11 is 1.60. The molecule has 5 rings (SSSR count). The number of hydrogen-bond acceptors (Lipinski definition) is 9. The number of rotatable bonds is 7. The lowest BCUT2D eigenvalue weighted by atomic mass is 10.1. The fourth-order valence-corrected chi connectivity index (χ4v) is 5.65. The maximum atomic E-state index is 12.6. The van der Waals surface area contributed by atoms with E-state index >= 15 is 0 Å². The molecule has 9 nitrogen and oxygen atoms in total. The summed E-state index contributed by atoms with van der Waals surface area (Å²) < 4.78 is 10.9. The third kappa shape index (κ3) is 6.94. The lowest BCUT2D eigenvalue weighted by Gasteiger charge is -2.35. The van der Waals surface area contributed by atoms with E-state index in [1.54, 1.807) is 29.5 Å². The monoisotopic (exact) mass is 572 g/mol. The number of amides is 1. The smallest absolute Gasteiger partial charge is 0.410 e. The number of carbonyl (C=O) groups excluding carboxylic acids is 1. The second-order valence-corrected chi connectivity index (χ2v) is 11.9. The third-order valence-electron chi connectivity index (χ3n) is 6.71. The number of nitrogens with one attached hydrogen (secondary N) is 1. The highest BCUT2D eigenvalue weighted by molar-refractivity contribution is 7.19. The van der Waals surface area contributed by atoms with Gasteiger partial charge in [-0.25, -0.2) is 19.7 Å². The fourth-order valence-electron chi connectivity index (χ4n) is 4.54. The van der Waals surface area contributed by atoms with Crippen molar-refractivity contribution in [3.8, 4) is 27.6 Å². The third-order valence-corrected chi connectivity index (χ3v) is 7.85. The van der Waals surface area contributed by atoms with Gasteiger partial charge in [0.2, 0.25) is 5.95 Å². The van der Waals surface area contributed by atoms with Crippen LogP contribution >= 0.6 is 11.3 Å². The molecule has 0 saturated carbocycles. The van der Waals surface area contributed by atoms with E-state index in [4.69, 9.17) is 19.4 Å². The highest BCUT2D eigenvalue weighted by Crippen LogP contribution is 2.40. The van der Waals surface area contributed by atoms with Gasteiger partial charge in [0.25, 0.3) is 0 Å². The highest BCUT2D eigenvalue weighted by Gasteiger charge is 2.28. The van der Waals surface area contributed by atoms with Crippen LogP contribution in [0.15, 0.2) is 66.9 Å². The molecule has 0 aliphatic carbocycles. The van der Waals surface area contributed by atoms with E-state index in [-0.39, 0.29) is 12.1 Å². The van der Waals surface area contributed by atoms with Crippen molar-refractivity contribution < 1.29 is 14.3 Å². The van der Waals surface area contributed by atoms with Crippen molar-refractivity contribution in [2.24, 2.45) is 0 Å². The summed E-state index contributed by atoms with van der Waals surface area (Å²) in [7, 11) is 1.66. The Kier molecular flexibility index (Phi) is 8.39. The van der Waals surface area contributed by atoms with Gasteiger partial charge in [-0.15, -0.1) is 0 Å². The Balaban J connectivity index is 1.41. The minimum atomic E-state index is -0.518. The van der Waals surface area contributed by atoms with Gasteiger partial charge in [-0.3, -0.25) is 0 Å². The van der Waals surface area contributed by atoms with Gasteiger partial charge in [0.15, 0.2) is 5.13 Å². The van der Waals surface area contributed by atoms with E-state index in [0.29, 0.717) is 32.1 Å². The van der Waals surface area contributed by atoms with Gasteiger partial charge in [-0.05, 0) is 63.6 Å². The van der Waals surface area contributed by atoms with Crippen LogP contribution in [0.5, 0.6) is 5.75 Å². The van der Waals surface area contributed by atoms with Gasteiger partial charge >= 0.3 is 6.09 Å². The van der Waals surface area contributed by atoms with Crippen molar-refractivity contribution in [3.05, 3.63) is 72.4 Å². The van der Waals surface area contributed by atoms with Crippen molar-refractivity contribution in [3.63, 3.8) is 0 Å². The number of benzene rings is 2. The zero-order valence-electron chi connectivity index (χ0n) is 24.1. The Hall–Kier alpha value is -4.18. The number of piperazine rings is 1. The summed E-state index contributed by atoms with van der Waals surface area (Å²) in [4.78, 5) is 32.0. The van der Waals surface area contributed by atoms with E-state index in [0.717, 1.165) is 38.3 Å². The molecule has 1 aliphatic rings. The maximum absolute atomic E-state index is 12.6. The molecule has 1 amide bonds. The summed E-state index contributed by atoms with van der Waals surface area (Å²) in [6.45, 7) is 10.2. The van der Waals surface area contributed by atoms with Crippen LogP contribution in [0.3, 0.4) is 0 Å². The predicted molar refractivity (Wildman–Crippen MR) is 164 cm³/mol. The first-order valence-electron chi connectivity index (χ1n) is 13.7. The molecule has 1 unspecified atom stereocenters. The molecule has 10 heteroatoms. The standard InChI is InChI=1S/C31H36N6O3S/c1-21(22-9-7-6-8-10-22)33-28-32-16-15-25(34-28)27-26(23-11-13-24(39-5)14-12-23)35-29(41-27)36-17-19-37(20-18-36)30(38)40-31(2,3)4/h6-16,21H,17-20H2,1-5H3,(H,32,33,34). The molecule has 2 aromatic carbocycles. The second-order valence-electron chi connectivity index (χ2n) is 10.9. The second kappa shape index (κ2) is 12.1. The molecule has 4 aromatic rings. The van der Waals surface area contributed by atoms with Gasteiger partial charge < -0.3 is 24.6 Å². The molecule has 0 bridgehead atoms. The number of hydrogen-bond donors (Lipinski definition) is 1. The zero-order chi connectivity index (χ0) is 29.0. The molecular weight excluding hydrogens is 536 g/mol. The lowest BCUT2D eigenvalue weighted by molar-refractivity contribution is 0.0240. The molecule has 0 spiro atoms. The topological polar surface area (TPSA) is 92.7 Å². The Morgan fingerprint density at radius 2 is 1.68 bits per heavy atom. The van der Waals surface area contributed by atoms with E-state index < -0.39 is 5.60 Å². The van der Waals surface area contributed by atoms with Crippen LogP contribution in [0.4, 0.5) is 15.9 Å². The van der Waals surface area contributed by atoms with E-state index in [9.17, 15) is 4.79 Å². The van der Waals surface area contributed by atoms with Gasteiger partial charge in [0.05, 0.1) is 29.4 Å². The number of anilines is 2. The molecule has 1 aliphatic heterocycles. The summed E-state index contributed by atoms with van der Waals surface area (Å²) in [6, 6.07) is 20.1. The minimum absolute atomic E-state index is 0.0470. The largest absolute Gasteiger partial charge is 0.497 e. The van der Waals surface area contributed by atoms with Crippen LogP contribution in [0, 0.1) is 0 Å². The van der Waals surface area contributed by atoms with Crippen LogP contribution in [0.25, 0.3) is 21.8 Å². The van der Waals surface area contributed by atoms with E-state index in [1.165, 1.54) is 0 Å². The number of aromatic nitrogens is 3. The number of thiazole rings is 1. The Morgan fingerprint density at radius 3 is 2.34 bits per heavy atom. The zero-order valence-corrected chi connectivity index (χ0v) is 24.9. The van der Waals surface area contributed by atoms with Gasteiger partial charge in [0, 0.05) is 37.9 Å². The normalized spacial score (nSPS) is 14.5. The number of methoxy groups -OCH3 is 1. The highest BCUT2D eigenvalue weighted by atomic mass is 32.1. The van der Waals surface area contributed by atoms with Gasteiger partial charge in [0.1, 0.15) is 11.4 Å². The first-order valence-corrected chi connectivity index (χ1v) is 14.5. The lowest BCUT2D eigenvalue weighted by Crippen LogP contribution is -2.50. The molecule has 41 heavy (non-hydrogen) atoms. The maximum Gasteiger partial charge on any atom is 0.410 e. The van der Waals surface area contributed by atoms with Crippen LogP contribution in [0.2, 0.25) is 0 Å². The summed E-state index contributed by atoms with van der Waals surface area (Å²) in [6.07, 6.45) is 1.50.